The number of pyridine rings is 1. The van der Waals surface area contributed by atoms with Gasteiger partial charge in [-0.25, -0.2) is 0 Å². The number of rotatable bonds is 3. The van der Waals surface area contributed by atoms with Crippen molar-refractivity contribution in [1.29, 1.82) is 5.26 Å². The second kappa shape index (κ2) is 7.04. The SMILES string of the molecule is CC(=Nn1c(-c2cccc(O)c2)cc(C(F)(F)F)c(C#N)c1=O)C(C)C. The molecule has 2 aromatic rings. The lowest BCUT2D eigenvalue weighted by Gasteiger charge is -2.16. The highest BCUT2D eigenvalue weighted by atomic mass is 19.4. The van der Waals surface area contributed by atoms with E-state index in [9.17, 15) is 23.1 Å². The first-order chi connectivity index (χ1) is 12.1. The first-order valence-corrected chi connectivity index (χ1v) is 7.68. The summed E-state index contributed by atoms with van der Waals surface area (Å²) in [6, 6.07) is 7.48. The molecule has 0 saturated heterocycles. The van der Waals surface area contributed by atoms with Crippen LogP contribution in [0.1, 0.15) is 31.9 Å². The molecule has 136 valence electrons. The Bertz CT molecular complexity index is 967. The normalized spacial score (nSPS) is 12.3. The number of phenolic OH excluding ortho intramolecular Hbond substituents is 1. The molecule has 0 spiro atoms. The lowest BCUT2D eigenvalue weighted by Crippen LogP contribution is -2.27. The van der Waals surface area contributed by atoms with Crippen molar-refractivity contribution < 1.29 is 18.3 Å². The van der Waals surface area contributed by atoms with Gasteiger partial charge in [-0.15, -0.1) is 0 Å². The summed E-state index contributed by atoms with van der Waals surface area (Å²) in [6.07, 6.45) is -4.88. The molecule has 0 fully saturated rings. The summed E-state index contributed by atoms with van der Waals surface area (Å²) in [5.41, 5.74) is -3.04. The molecule has 0 amide bonds. The van der Waals surface area contributed by atoms with E-state index in [4.69, 9.17) is 5.26 Å². The number of hydrogen-bond acceptors (Lipinski definition) is 4. The van der Waals surface area contributed by atoms with Crippen LogP contribution in [0.25, 0.3) is 11.3 Å². The highest BCUT2D eigenvalue weighted by Crippen LogP contribution is 2.34. The van der Waals surface area contributed by atoms with Crippen LogP contribution in [0.2, 0.25) is 0 Å². The van der Waals surface area contributed by atoms with Crippen molar-refractivity contribution in [3.8, 4) is 23.1 Å². The molecule has 8 heteroatoms. The van der Waals surface area contributed by atoms with Gasteiger partial charge in [0, 0.05) is 11.3 Å². The molecular weight excluding hydrogens is 347 g/mol. The molecule has 1 aromatic heterocycles. The zero-order valence-electron chi connectivity index (χ0n) is 14.3. The van der Waals surface area contributed by atoms with Crippen LogP contribution >= 0.6 is 0 Å². The largest absolute Gasteiger partial charge is 0.508 e. The summed E-state index contributed by atoms with van der Waals surface area (Å²) >= 11 is 0. The van der Waals surface area contributed by atoms with E-state index in [-0.39, 0.29) is 22.9 Å². The van der Waals surface area contributed by atoms with Gasteiger partial charge in [-0.3, -0.25) is 4.79 Å². The Labute approximate surface area is 147 Å². The number of halogens is 3. The standard InChI is InChI=1S/C18H16F3N3O2/c1-10(2)11(3)23-24-16(12-5-4-6-13(25)7-12)8-15(18(19,20)21)14(9-22)17(24)26/h4-8,10,25H,1-3H3. The van der Waals surface area contributed by atoms with Gasteiger partial charge in [0.15, 0.2) is 0 Å². The van der Waals surface area contributed by atoms with Gasteiger partial charge < -0.3 is 5.11 Å². The van der Waals surface area contributed by atoms with Gasteiger partial charge in [-0.05, 0) is 31.0 Å². The summed E-state index contributed by atoms with van der Waals surface area (Å²) in [5, 5.41) is 22.8. The van der Waals surface area contributed by atoms with E-state index in [1.807, 2.05) is 13.8 Å². The average Bonchev–Trinajstić information content (AvgIpc) is 2.54. The van der Waals surface area contributed by atoms with E-state index in [1.165, 1.54) is 30.3 Å². The number of alkyl halides is 3. The number of aromatic nitrogens is 1. The number of nitrogens with zero attached hydrogens (tertiary/aromatic N) is 3. The molecule has 0 saturated carbocycles. The first-order valence-electron chi connectivity index (χ1n) is 7.68. The molecule has 0 aliphatic heterocycles. The molecule has 26 heavy (non-hydrogen) atoms. The van der Waals surface area contributed by atoms with Crippen LogP contribution in [0.3, 0.4) is 0 Å². The number of benzene rings is 1. The summed E-state index contributed by atoms with van der Waals surface area (Å²) in [7, 11) is 0. The van der Waals surface area contributed by atoms with Crippen LogP contribution in [0.5, 0.6) is 5.75 Å². The fourth-order valence-electron chi connectivity index (χ4n) is 2.18. The Morgan fingerprint density at radius 3 is 2.46 bits per heavy atom. The minimum atomic E-state index is -4.88. The fourth-order valence-corrected chi connectivity index (χ4v) is 2.18. The third kappa shape index (κ3) is 3.77. The Hall–Kier alpha value is -3.08. The predicted octanol–water partition coefficient (Wildman–Crippen LogP) is 3.99. The zero-order valence-corrected chi connectivity index (χ0v) is 14.3. The quantitative estimate of drug-likeness (QED) is 0.838. The lowest BCUT2D eigenvalue weighted by molar-refractivity contribution is -0.137. The topological polar surface area (TPSA) is 78.4 Å². The maximum atomic E-state index is 13.3. The molecule has 0 atom stereocenters. The zero-order chi connectivity index (χ0) is 19.6. The van der Waals surface area contributed by atoms with Crippen LogP contribution in [0.15, 0.2) is 40.2 Å². The Morgan fingerprint density at radius 1 is 1.31 bits per heavy atom. The van der Waals surface area contributed by atoms with E-state index < -0.39 is 22.9 Å². The van der Waals surface area contributed by atoms with Crippen molar-refractivity contribution in [2.24, 2.45) is 11.0 Å². The average molecular weight is 363 g/mol. The van der Waals surface area contributed by atoms with Crippen molar-refractivity contribution in [3.05, 3.63) is 51.8 Å². The third-order valence-corrected chi connectivity index (χ3v) is 3.84. The molecule has 5 nitrogen and oxygen atoms in total. The molecule has 1 heterocycles. The third-order valence-electron chi connectivity index (χ3n) is 3.84. The van der Waals surface area contributed by atoms with Gasteiger partial charge in [-0.2, -0.15) is 28.2 Å². The van der Waals surface area contributed by atoms with Gasteiger partial charge in [0.25, 0.3) is 5.56 Å². The van der Waals surface area contributed by atoms with Crippen molar-refractivity contribution in [2.45, 2.75) is 26.9 Å². The first kappa shape index (κ1) is 19.2. The number of hydrogen-bond donors (Lipinski definition) is 1. The van der Waals surface area contributed by atoms with Crippen molar-refractivity contribution in [1.82, 2.24) is 4.68 Å². The van der Waals surface area contributed by atoms with E-state index in [0.717, 1.165) is 4.68 Å². The molecule has 1 aromatic carbocycles. The summed E-state index contributed by atoms with van der Waals surface area (Å²) in [4.78, 5) is 12.6. The lowest BCUT2D eigenvalue weighted by atomic mass is 10.0. The second-order valence-electron chi connectivity index (χ2n) is 5.99. The number of phenols is 1. The summed E-state index contributed by atoms with van der Waals surface area (Å²) < 4.78 is 40.8. The van der Waals surface area contributed by atoms with E-state index in [0.29, 0.717) is 11.8 Å². The monoisotopic (exact) mass is 363 g/mol. The van der Waals surface area contributed by atoms with Gasteiger partial charge in [0.2, 0.25) is 0 Å². The highest BCUT2D eigenvalue weighted by Gasteiger charge is 2.36. The smallest absolute Gasteiger partial charge is 0.417 e. The molecule has 2 rings (SSSR count). The summed E-state index contributed by atoms with van der Waals surface area (Å²) in [6.45, 7) is 5.26. The maximum absolute atomic E-state index is 13.3. The van der Waals surface area contributed by atoms with Crippen molar-refractivity contribution in [3.63, 3.8) is 0 Å². The molecule has 0 bridgehead atoms. The van der Waals surface area contributed by atoms with Gasteiger partial charge in [0.05, 0.1) is 11.3 Å². The van der Waals surface area contributed by atoms with Crippen molar-refractivity contribution >= 4 is 5.71 Å². The van der Waals surface area contributed by atoms with Crippen LogP contribution in [0, 0.1) is 17.2 Å². The number of aromatic hydroxyl groups is 1. The van der Waals surface area contributed by atoms with Gasteiger partial charge >= 0.3 is 6.18 Å². The van der Waals surface area contributed by atoms with E-state index in [2.05, 4.69) is 5.10 Å². The van der Waals surface area contributed by atoms with Crippen LogP contribution in [-0.2, 0) is 6.18 Å². The molecule has 0 radical (unpaired) electrons. The van der Waals surface area contributed by atoms with Crippen LogP contribution in [0.4, 0.5) is 13.2 Å². The Balaban J connectivity index is 2.96. The van der Waals surface area contributed by atoms with E-state index >= 15 is 0 Å². The van der Waals surface area contributed by atoms with Gasteiger partial charge in [-0.1, -0.05) is 26.0 Å². The highest BCUT2D eigenvalue weighted by molar-refractivity contribution is 5.84. The molecule has 0 aliphatic rings. The summed E-state index contributed by atoms with van der Waals surface area (Å²) in [5.74, 6) is -0.240. The van der Waals surface area contributed by atoms with Crippen LogP contribution < -0.4 is 5.56 Å². The van der Waals surface area contributed by atoms with Crippen LogP contribution in [-0.4, -0.2) is 15.5 Å². The maximum Gasteiger partial charge on any atom is 0.417 e. The Morgan fingerprint density at radius 2 is 1.96 bits per heavy atom. The molecule has 1 N–H and O–H groups in total. The minimum absolute atomic E-state index is 0.0632. The van der Waals surface area contributed by atoms with Crippen molar-refractivity contribution in [2.75, 3.05) is 0 Å². The fraction of sp³-hybridized carbons (Fsp3) is 0.278. The number of nitriles is 1. The Kier molecular flexibility index (Phi) is 5.21. The predicted molar refractivity (Wildman–Crippen MR) is 90.9 cm³/mol. The van der Waals surface area contributed by atoms with Gasteiger partial charge in [0.1, 0.15) is 17.4 Å². The molecule has 0 unspecified atom stereocenters. The van der Waals surface area contributed by atoms with E-state index in [1.54, 1.807) is 6.92 Å². The molecular formula is C18H16F3N3O2. The second-order valence-corrected chi connectivity index (χ2v) is 5.99. The minimum Gasteiger partial charge on any atom is -0.508 e. The molecule has 0 aliphatic carbocycles.